The van der Waals surface area contributed by atoms with Gasteiger partial charge in [0.2, 0.25) is 0 Å². The Labute approximate surface area is 115 Å². The van der Waals surface area contributed by atoms with Gasteiger partial charge in [-0.1, -0.05) is 20.8 Å². The van der Waals surface area contributed by atoms with E-state index in [0.717, 1.165) is 18.6 Å². The Morgan fingerprint density at radius 1 is 1.35 bits per heavy atom. The molecule has 1 rings (SSSR count). The van der Waals surface area contributed by atoms with Gasteiger partial charge in [0.05, 0.1) is 11.1 Å². The highest BCUT2D eigenvalue weighted by atomic mass is 19.4. The molecule has 0 aliphatic carbocycles. The van der Waals surface area contributed by atoms with Crippen LogP contribution in [0.2, 0.25) is 0 Å². The van der Waals surface area contributed by atoms with E-state index in [9.17, 15) is 18.0 Å². The van der Waals surface area contributed by atoms with E-state index in [2.05, 4.69) is 5.32 Å². The number of hydrogen-bond acceptors (Lipinski definition) is 2. The quantitative estimate of drug-likeness (QED) is 0.852. The molecule has 0 fully saturated rings. The van der Waals surface area contributed by atoms with E-state index in [1.165, 1.54) is 6.07 Å². The van der Waals surface area contributed by atoms with Crippen molar-refractivity contribution in [3.05, 3.63) is 29.3 Å². The van der Waals surface area contributed by atoms with Crippen molar-refractivity contribution in [1.29, 1.82) is 0 Å². The zero-order chi connectivity index (χ0) is 15.5. The average molecular weight is 289 g/mol. The maximum absolute atomic E-state index is 12.7. The minimum atomic E-state index is -4.67. The molecule has 0 aromatic heterocycles. The first kappa shape index (κ1) is 16.3. The van der Waals surface area contributed by atoms with Crippen LogP contribution in [0.1, 0.15) is 43.1 Å². The fourth-order valence-electron chi connectivity index (χ4n) is 2.01. The summed E-state index contributed by atoms with van der Waals surface area (Å²) in [7, 11) is 0. The Morgan fingerprint density at radius 2 is 1.95 bits per heavy atom. The van der Waals surface area contributed by atoms with Gasteiger partial charge in [0.25, 0.3) is 0 Å². The zero-order valence-electron chi connectivity index (χ0n) is 11.6. The Morgan fingerprint density at radius 3 is 2.35 bits per heavy atom. The van der Waals surface area contributed by atoms with Crippen molar-refractivity contribution >= 4 is 11.7 Å². The highest BCUT2D eigenvalue weighted by Gasteiger charge is 2.35. The molecule has 6 heteroatoms. The summed E-state index contributed by atoms with van der Waals surface area (Å²) in [5.74, 6) is -1.30. The highest BCUT2D eigenvalue weighted by Crippen LogP contribution is 2.33. The minimum Gasteiger partial charge on any atom is -0.478 e. The van der Waals surface area contributed by atoms with Crippen molar-refractivity contribution in [2.75, 3.05) is 5.32 Å². The standard InChI is InChI=1S/C14H18F3NO2/c1-4-12(8(2)3)18-9-5-6-11(14(15,16)17)10(7-9)13(19)20/h5-8,12,18H,4H2,1-3H3,(H,19,20). The molecule has 1 atom stereocenters. The number of benzene rings is 1. The zero-order valence-corrected chi connectivity index (χ0v) is 11.6. The second kappa shape index (κ2) is 6.15. The molecule has 0 heterocycles. The number of rotatable bonds is 5. The summed E-state index contributed by atoms with van der Waals surface area (Å²) >= 11 is 0. The van der Waals surface area contributed by atoms with Crippen LogP contribution in [-0.4, -0.2) is 17.1 Å². The summed E-state index contributed by atoms with van der Waals surface area (Å²) in [5, 5.41) is 12.0. The molecule has 1 unspecified atom stereocenters. The van der Waals surface area contributed by atoms with Crippen LogP contribution in [0.25, 0.3) is 0 Å². The van der Waals surface area contributed by atoms with Crippen LogP contribution < -0.4 is 5.32 Å². The van der Waals surface area contributed by atoms with Gasteiger partial charge < -0.3 is 10.4 Å². The van der Waals surface area contributed by atoms with Crippen LogP contribution >= 0.6 is 0 Å². The van der Waals surface area contributed by atoms with Crippen molar-refractivity contribution in [3.8, 4) is 0 Å². The Hall–Kier alpha value is -1.72. The van der Waals surface area contributed by atoms with Crippen molar-refractivity contribution in [3.63, 3.8) is 0 Å². The molecular weight excluding hydrogens is 271 g/mol. The van der Waals surface area contributed by atoms with Gasteiger partial charge in [-0.15, -0.1) is 0 Å². The number of carbonyl (C=O) groups is 1. The molecule has 0 aliphatic rings. The SMILES string of the molecule is CCC(Nc1ccc(C(F)(F)F)c(C(=O)O)c1)C(C)C. The molecule has 0 saturated carbocycles. The van der Waals surface area contributed by atoms with Gasteiger partial charge in [0.1, 0.15) is 0 Å². The van der Waals surface area contributed by atoms with Gasteiger partial charge in [-0.05, 0) is 30.5 Å². The minimum absolute atomic E-state index is 0.0772. The summed E-state index contributed by atoms with van der Waals surface area (Å²) < 4.78 is 38.1. The van der Waals surface area contributed by atoms with E-state index in [4.69, 9.17) is 5.11 Å². The number of anilines is 1. The van der Waals surface area contributed by atoms with Crippen LogP contribution in [0.3, 0.4) is 0 Å². The number of alkyl halides is 3. The van der Waals surface area contributed by atoms with Gasteiger partial charge in [0.15, 0.2) is 0 Å². The van der Waals surface area contributed by atoms with E-state index in [0.29, 0.717) is 5.69 Å². The Balaban J connectivity index is 3.14. The van der Waals surface area contributed by atoms with E-state index in [1.54, 1.807) is 0 Å². The molecule has 0 saturated heterocycles. The van der Waals surface area contributed by atoms with Crippen LogP contribution in [0.4, 0.5) is 18.9 Å². The van der Waals surface area contributed by atoms with Gasteiger partial charge in [0, 0.05) is 11.7 Å². The topological polar surface area (TPSA) is 49.3 Å². The van der Waals surface area contributed by atoms with Crippen molar-refractivity contribution in [1.82, 2.24) is 0 Å². The molecule has 1 aromatic carbocycles. The monoisotopic (exact) mass is 289 g/mol. The molecule has 0 bridgehead atoms. The lowest BCUT2D eigenvalue weighted by Crippen LogP contribution is -2.25. The van der Waals surface area contributed by atoms with Crippen LogP contribution in [0, 0.1) is 5.92 Å². The Kier molecular flexibility index (Phi) is 5.03. The van der Waals surface area contributed by atoms with Crippen molar-refractivity contribution in [2.24, 2.45) is 5.92 Å². The number of nitrogens with one attached hydrogen (secondary N) is 1. The lowest BCUT2D eigenvalue weighted by Gasteiger charge is -2.22. The van der Waals surface area contributed by atoms with Crippen LogP contribution in [0.15, 0.2) is 18.2 Å². The molecule has 2 N–H and O–H groups in total. The average Bonchev–Trinajstić information content (AvgIpc) is 2.33. The first-order valence-electron chi connectivity index (χ1n) is 6.37. The molecule has 0 amide bonds. The highest BCUT2D eigenvalue weighted by molar-refractivity contribution is 5.91. The fraction of sp³-hybridized carbons (Fsp3) is 0.500. The molecular formula is C14H18F3NO2. The van der Waals surface area contributed by atoms with Crippen molar-refractivity contribution < 1.29 is 23.1 Å². The fourth-order valence-corrected chi connectivity index (χ4v) is 2.01. The number of aromatic carboxylic acids is 1. The predicted molar refractivity (Wildman–Crippen MR) is 70.9 cm³/mol. The van der Waals surface area contributed by atoms with Gasteiger partial charge in [-0.3, -0.25) is 0 Å². The molecule has 0 spiro atoms. The molecule has 1 aromatic rings. The second-order valence-corrected chi connectivity index (χ2v) is 4.97. The normalized spacial score (nSPS) is 13.3. The largest absolute Gasteiger partial charge is 0.478 e. The number of carboxylic acids is 1. The van der Waals surface area contributed by atoms with Crippen LogP contribution in [-0.2, 0) is 6.18 Å². The summed E-state index contributed by atoms with van der Waals surface area (Å²) in [5.41, 5.74) is -1.48. The van der Waals surface area contributed by atoms with E-state index < -0.39 is 23.3 Å². The molecule has 112 valence electrons. The maximum Gasteiger partial charge on any atom is 0.417 e. The first-order chi connectivity index (χ1) is 9.16. The van der Waals surface area contributed by atoms with Gasteiger partial charge >= 0.3 is 12.1 Å². The van der Waals surface area contributed by atoms with Gasteiger partial charge in [-0.2, -0.15) is 13.2 Å². The summed E-state index contributed by atoms with van der Waals surface area (Å²) in [6, 6.07) is 3.18. The van der Waals surface area contributed by atoms with E-state index in [1.807, 2.05) is 20.8 Å². The number of carboxylic acid groups (broad SMARTS) is 1. The molecule has 0 radical (unpaired) electrons. The van der Waals surface area contributed by atoms with Gasteiger partial charge in [-0.25, -0.2) is 4.79 Å². The Bertz CT molecular complexity index is 484. The summed E-state index contributed by atoms with van der Waals surface area (Å²) in [4.78, 5) is 11.0. The molecule has 0 aliphatic heterocycles. The summed E-state index contributed by atoms with van der Waals surface area (Å²) in [6.07, 6.45) is -3.88. The van der Waals surface area contributed by atoms with Crippen molar-refractivity contribution in [2.45, 2.75) is 39.4 Å². The third kappa shape index (κ3) is 3.88. The molecule has 20 heavy (non-hydrogen) atoms. The first-order valence-corrected chi connectivity index (χ1v) is 6.37. The number of halogens is 3. The van der Waals surface area contributed by atoms with Crippen LogP contribution in [0.5, 0.6) is 0 Å². The van der Waals surface area contributed by atoms with E-state index in [-0.39, 0.29) is 12.0 Å². The third-order valence-electron chi connectivity index (χ3n) is 3.15. The smallest absolute Gasteiger partial charge is 0.417 e. The lowest BCUT2D eigenvalue weighted by molar-refractivity contribution is -0.138. The third-order valence-corrected chi connectivity index (χ3v) is 3.15. The van der Waals surface area contributed by atoms with E-state index >= 15 is 0 Å². The summed E-state index contributed by atoms with van der Waals surface area (Å²) in [6.45, 7) is 5.94. The second-order valence-electron chi connectivity index (χ2n) is 4.97. The number of hydrogen-bond donors (Lipinski definition) is 2. The lowest BCUT2D eigenvalue weighted by atomic mass is 10.0. The maximum atomic E-state index is 12.7. The molecule has 3 nitrogen and oxygen atoms in total. The predicted octanol–water partition coefficient (Wildman–Crippen LogP) is 4.25.